The van der Waals surface area contributed by atoms with Gasteiger partial charge in [0.1, 0.15) is 23.7 Å². The summed E-state index contributed by atoms with van der Waals surface area (Å²) in [6.07, 6.45) is 2.96. The number of likely N-dealkylation sites (tertiary alicyclic amines) is 1. The van der Waals surface area contributed by atoms with Crippen molar-refractivity contribution in [1.29, 1.82) is 0 Å². The van der Waals surface area contributed by atoms with Crippen molar-refractivity contribution >= 4 is 16.8 Å². The number of carbonyl (C=O) groups is 1. The van der Waals surface area contributed by atoms with Crippen molar-refractivity contribution in [2.75, 3.05) is 26.2 Å². The van der Waals surface area contributed by atoms with Gasteiger partial charge < -0.3 is 14.3 Å². The molecule has 0 bridgehead atoms. The van der Waals surface area contributed by atoms with Crippen LogP contribution in [0.25, 0.3) is 22.1 Å². The standard InChI is InChI=1S/C31H30NO5.Y/c1-20-7-3-4-8-24(20)29-26(25-13-14-27(34)28(21(2)33)30(25)37-31(29)35)19-22-9-11-23(12-10-22)36-18-17-32-15-5-6-16-32;/h4,7-14,34H,5-6,15-19H2,1-2H3;/q-1;. The van der Waals surface area contributed by atoms with Gasteiger partial charge in [0.15, 0.2) is 11.4 Å². The summed E-state index contributed by atoms with van der Waals surface area (Å²) in [4.78, 5) is 28.1. The number of benzene rings is 3. The summed E-state index contributed by atoms with van der Waals surface area (Å²) in [5.41, 5.74) is 3.40. The monoisotopic (exact) mass is 585 g/mol. The van der Waals surface area contributed by atoms with Crippen LogP contribution in [-0.2, 0) is 39.1 Å². The maximum atomic E-state index is 13.4. The van der Waals surface area contributed by atoms with Crippen LogP contribution in [0.5, 0.6) is 11.5 Å². The largest absolute Gasteiger partial charge is 0.507 e. The predicted octanol–water partition coefficient (Wildman–Crippen LogP) is 5.54. The third-order valence-corrected chi connectivity index (χ3v) is 7.03. The van der Waals surface area contributed by atoms with Crippen LogP contribution in [0.4, 0.5) is 0 Å². The number of aryl methyl sites for hydroxylation is 1. The number of hydrogen-bond acceptors (Lipinski definition) is 6. The predicted molar refractivity (Wildman–Crippen MR) is 144 cm³/mol. The quantitative estimate of drug-likeness (QED) is 0.166. The molecule has 1 aliphatic rings. The number of Topliss-reactive ketones (excluding diaryl/α,β-unsaturated/α-hetero) is 1. The Hall–Kier alpha value is -2.80. The number of nitrogens with zero attached hydrogens (tertiary/aromatic N) is 1. The summed E-state index contributed by atoms with van der Waals surface area (Å²) in [6, 6.07) is 19.6. The minimum atomic E-state index is -0.549. The first-order valence-electron chi connectivity index (χ1n) is 12.7. The van der Waals surface area contributed by atoms with Gasteiger partial charge in [0, 0.05) is 50.2 Å². The number of hydrogen-bond donors (Lipinski definition) is 1. The molecular formula is C31H30NO5Y-. The van der Waals surface area contributed by atoms with E-state index < -0.39 is 5.63 Å². The van der Waals surface area contributed by atoms with Gasteiger partial charge in [0.05, 0.1) is 0 Å². The molecule has 6 nitrogen and oxygen atoms in total. The molecule has 0 unspecified atom stereocenters. The molecule has 1 aliphatic heterocycles. The van der Waals surface area contributed by atoms with E-state index in [2.05, 4.69) is 11.0 Å². The van der Waals surface area contributed by atoms with E-state index in [0.29, 0.717) is 24.0 Å². The first-order valence-corrected chi connectivity index (χ1v) is 12.7. The van der Waals surface area contributed by atoms with Crippen molar-refractivity contribution in [1.82, 2.24) is 4.90 Å². The second-order valence-electron chi connectivity index (χ2n) is 9.59. The van der Waals surface area contributed by atoms with Crippen LogP contribution < -0.4 is 10.4 Å². The van der Waals surface area contributed by atoms with Gasteiger partial charge in [-0.1, -0.05) is 19.1 Å². The van der Waals surface area contributed by atoms with Gasteiger partial charge in [0.2, 0.25) is 0 Å². The van der Waals surface area contributed by atoms with Crippen LogP contribution >= 0.6 is 0 Å². The molecule has 1 radical (unpaired) electrons. The molecule has 0 atom stereocenters. The SMILES string of the molecule is CC(=O)c1c(O)ccc2c(Cc3ccc(OCCN4CCCC4)cc3)c(-c3cc[c-]cc3C)c(=O)oc12.[Y]. The molecule has 1 aromatic heterocycles. The minimum Gasteiger partial charge on any atom is -0.507 e. The smallest absolute Gasteiger partial charge is 0.342 e. The van der Waals surface area contributed by atoms with Crippen LogP contribution in [0, 0.1) is 13.0 Å². The van der Waals surface area contributed by atoms with Gasteiger partial charge in [-0.2, -0.15) is 29.8 Å². The van der Waals surface area contributed by atoms with E-state index in [-0.39, 0.29) is 55.4 Å². The maximum absolute atomic E-state index is 13.4. The average Bonchev–Trinajstić information content (AvgIpc) is 3.39. The van der Waals surface area contributed by atoms with Crippen molar-refractivity contribution in [3.8, 4) is 22.6 Å². The number of fused-ring (bicyclic) bond motifs is 1. The molecule has 1 saturated heterocycles. The van der Waals surface area contributed by atoms with E-state index in [4.69, 9.17) is 9.15 Å². The maximum Gasteiger partial charge on any atom is 0.342 e. The molecule has 193 valence electrons. The van der Waals surface area contributed by atoms with Crippen molar-refractivity contribution in [3.63, 3.8) is 0 Å². The summed E-state index contributed by atoms with van der Waals surface area (Å²) in [5.74, 6) is 0.229. The molecule has 0 saturated carbocycles. The van der Waals surface area contributed by atoms with Gasteiger partial charge in [-0.3, -0.25) is 9.69 Å². The zero-order valence-electron chi connectivity index (χ0n) is 21.8. The summed E-state index contributed by atoms with van der Waals surface area (Å²) in [5, 5.41) is 11.0. The summed E-state index contributed by atoms with van der Waals surface area (Å²) < 4.78 is 11.6. The van der Waals surface area contributed by atoms with Crippen molar-refractivity contribution in [3.05, 3.63) is 93.3 Å². The van der Waals surface area contributed by atoms with Gasteiger partial charge in [-0.05, 0) is 74.7 Å². The Labute approximate surface area is 247 Å². The first-order chi connectivity index (χ1) is 17.9. The number of ketones is 1. The summed E-state index contributed by atoms with van der Waals surface area (Å²) >= 11 is 0. The summed E-state index contributed by atoms with van der Waals surface area (Å²) in [6.45, 7) is 7.13. The van der Waals surface area contributed by atoms with Crippen LogP contribution in [-0.4, -0.2) is 42.0 Å². The Morgan fingerprint density at radius 1 is 1.11 bits per heavy atom. The molecule has 1 fully saturated rings. The molecular weight excluding hydrogens is 555 g/mol. The minimum absolute atomic E-state index is 0. The Kier molecular flexibility index (Phi) is 9.19. The van der Waals surface area contributed by atoms with E-state index >= 15 is 0 Å². The third-order valence-electron chi connectivity index (χ3n) is 7.03. The molecule has 5 rings (SSSR count). The average molecular weight is 585 g/mol. The molecule has 0 amide bonds. The third kappa shape index (κ3) is 5.93. The number of aromatic hydroxyl groups is 1. The second kappa shape index (κ2) is 12.4. The van der Waals surface area contributed by atoms with E-state index in [1.54, 1.807) is 12.1 Å². The van der Waals surface area contributed by atoms with Crippen molar-refractivity contribution in [2.45, 2.75) is 33.1 Å². The molecule has 2 heterocycles. The Morgan fingerprint density at radius 3 is 2.53 bits per heavy atom. The van der Waals surface area contributed by atoms with Crippen LogP contribution in [0.2, 0.25) is 0 Å². The zero-order valence-corrected chi connectivity index (χ0v) is 24.6. The van der Waals surface area contributed by atoms with Gasteiger partial charge in [0.25, 0.3) is 0 Å². The van der Waals surface area contributed by atoms with Gasteiger partial charge in [-0.15, -0.1) is 5.56 Å². The Bertz CT molecular complexity index is 1500. The van der Waals surface area contributed by atoms with E-state index in [0.717, 1.165) is 47.6 Å². The topological polar surface area (TPSA) is 80.0 Å². The van der Waals surface area contributed by atoms with Gasteiger partial charge >= 0.3 is 5.63 Å². The Balaban J connectivity index is 0.00000336. The van der Waals surface area contributed by atoms with E-state index in [1.807, 2.05) is 43.3 Å². The number of phenolic OH excluding ortho intramolecular Hbond substituents is 1. The van der Waals surface area contributed by atoms with Crippen LogP contribution in [0.1, 0.15) is 46.8 Å². The fourth-order valence-corrected chi connectivity index (χ4v) is 5.11. The van der Waals surface area contributed by atoms with E-state index in [9.17, 15) is 14.7 Å². The molecule has 38 heavy (non-hydrogen) atoms. The first kappa shape index (κ1) is 28.2. The summed E-state index contributed by atoms with van der Waals surface area (Å²) in [7, 11) is 0. The number of rotatable bonds is 8. The second-order valence-corrected chi connectivity index (χ2v) is 9.59. The number of ether oxygens (including phenoxy) is 1. The molecule has 1 N–H and O–H groups in total. The molecule has 3 aromatic carbocycles. The number of carbonyl (C=O) groups excluding carboxylic acids is 1. The fraction of sp³-hybridized carbons (Fsp3) is 0.290. The zero-order chi connectivity index (χ0) is 25.9. The molecule has 4 aromatic rings. The van der Waals surface area contributed by atoms with Crippen molar-refractivity contribution < 1.29 is 51.8 Å². The molecule has 0 aliphatic carbocycles. The molecule has 0 spiro atoms. The number of phenols is 1. The Morgan fingerprint density at radius 2 is 1.84 bits per heavy atom. The molecule has 7 heteroatoms. The van der Waals surface area contributed by atoms with Gasteiger partial charge in [-0.25, -0.2) is 4.79 Å². The van der Waals surface area contributed by atoms with E-state index in [1.165, 1.54) is 25.8 Å². The van der Waals surface area contributed by atoms with Crippen LogP contribution in [0.15, 0.2) is 63.8 Å². The van der Waals surface area contributed by atoms with Crippen molar-refractivity contribution in [2.24, 2.45) is 0 Å². The normalized spacial score (nSPS) is 13.4. The fourth-order valence-electron chi connectivity index (χ4n) is 5.11. The van der Waals surface area contributed by atoms with Crippen LogP contribution in [0.3, 0.4) is 0 Å².